The number of likely N-dealkylation sites (N-methyl/N-ethyl adjacent to an activating group) is 1. The number of ether oxygens (including phenoxy) is 2. The van der Waals surface area contributed by atoms with E-state index in [-0.39, 0.29) is 22.7 Å². The monoisotopic (exact) mass is 498 g/mol. The van der Waals surface area contributed by atoms with Gasteiger partial charge in [0, 0.05) is 24.9 Å². The lowest BCUT2D eigenvalue weighted by molar-refractivity contribution is -0.126. The Labute approximate surface area is 207 Å². The molecule has 12 heteroatoms. The van der Waals surface area contributed by atoms with Gasteiger partial charge in [-0.05, 0) is 31.2 Å². The van der Waals surface area contributed by atoms with Crippen LogP contribution in [0.3, 0.4) is 0 Å². The van der Waals surface area contributed by atoms with Gasteiger partial charge in [0.05, 0.1) is 35.6 Å². The smallest absolute Gasteiger partial charge is 0.293 e. The van der Waals surface area contributed by atoms with E-state index in [0.29, 0.717) is 53.8 Å². The summed E-state index contributed by atoms with van der Waals surface area (Å²) in [6, 6.07) is 7.53. The van der Waals surface area contributed by atoms with Crippen LogP contribution in [0.4, 0.5) is 15.9 Å². The highest BCUT2D eigenvalue weighted by molar-refractivity contribution is 6.64. The number of carbonyl (C=O) groups is 2. The number of hydrogen-bond acceptors (Lipinski definition) is 8. The zero-order chi connectivity index (χ0) is 24.9. The number of fused-ring (bicyclic) bond motifs is 1. The number of nitrogens with one attached hydrogen (secondary N) is 2. The van der Waals surface area contributed by atoms with Crippen LogP contribution in [0.2, 0.25) is 5.02 Å². The number of rotatable bonds is 8. The van der Waals surface area contributed by atoms with Gasteiger partial charge >= 0.3 is 0 Å². The Morgan fingerprint density at radius 1 is 1.31 bits per heavy atom. The Morgan fingerprint density at radius 2 is 2.14 bits per heavy atom. The largest absolute Gasteiger partial charge is 0.493 e. The van der Waals surface area contributed by atoms with Crippen molar-refractivity contribution in [1.29, 1.82) is 0 Å². The summed E-state index contributed by atoms with van der Waals surface area (Å²) < 4.78 is 26.3. The molecule has 1 aliphatic rings. The van der Waals surface area contributed by atoms with Gasteiger partial charge in [-0.25, -0.2) is 14.4 Å². The van der Waals surface area contributed by atoms with E-state index in [1.165, 1.54) is 26.9 Å². The molecule has 1 amide bonds. The zero-order valence-corrected chi connectivity index (χ0v) is 19.9. The molecule has 0 aliphatic carbocycles. The number of halogens is 2. The van der Waals surface area contributed by atoms with E-state index >= 15 is 0 Å². The van der Waals surface area contributed by atoms with Crippen molar-refractivity contribution in [3.63, 3.8) is 0 Å². The van der Waals surface area contributed by atoms with Crippen molar-refractivity contribution in [1.82, 2.24) is 20.1 Å². The molecule has 3 aromatic rings. The molecule has 1 saturated heterocycles. The molecule has 2 heterocycles. The summed E-state index contributed by atoms with van der Waals surface area (Å²) in [5, 5.41) is 6.17. The Morgan fingerprint density at radius 3 is 2.89 bits per heavy atom. The minimum absolute atomic E-state index is 0.0112. The van der Waals surface area contributed by atoms with E-state index < -0.39 is 11.9 Å². The highest BCUT2D eigenvalue weighted by atomic mass is 35.5. The molecule has 0 bridgehead atoms. The molecule has 1 aliphatic heterocycles. The molecule has 35 heavy (non-hydrogen) atoms. The number of aromatic nitrogens is 2. The summed E-state index contributed by atoms with van der Waals surface area (Å²) in [4.78, 5) is 33.6. The second kappa shape index (κ2) is 10.9. The Bertz CT molecular complexity index is 1250. The van der Waals surface area contributed by atoms with Gasteiger partial charge in [0.1, 0.15) is 18.2 Å². The summed E-state index contributed by atoms with van der Waals surface area (Å²) in [7, 11) is 4.44. The lowest BCUT2D eigenvalue weighted by Crippen LogP contribution is -2.54. The maximum absolute atomic E-state index is 14.5. The van der Waals surface area contributed by atoms with E-state index in [0.717, 1.165) is 0 Å². The van der Waals surface area contributed by atoms with Crippen molar-refractivity contribution >= 4 is 53.5 Å². The van der Waals surface area contributed by atoms with Crippen LogP contribution >= 0.6 is 11.6 Å². The first-order chi connectivity index (χ1) is 16.9. The second-order valence-electron chi connectivity index (χ2n) is 7.89. The predicted octanol–water partition coefficient (Wildman–Crippen LogP) is 2.94. The van der Waals surface area contributed by atoms with Crippen molar-refractivity contribution in [2.75, 3.05) is 26.0 Å². The standard InChI is InChI=1S/C23H23BClFN5O4/c1-27-23(33)18-8-13(6-7-31(18)24-11-32)35-20-9-14-17(10-19(20)34-2)28-12-29-22(14)30-16-5-3-4-15(25)21(16)26/h3-5,9-13,18H,6-8H2,1-2H3,(H,27,33)(H,28,29,30)/t13-,18-/m1/s1. The summed E-state index contributed by atoms with van der Waals surface area (Å²) >= 11 is 5.91. The van der Waals surface area contributed by atoms with Gasteiger partial charge in [-0.1, -0.05) is 17.7 Å². The maximum Gasteiger partial charge on any atom is 0.293 e. The highest BCUT2D eigenvalue weighted by Gasteiger charge is 2.34. The maximum atomic E-state index is 14.5. The van der Waals surface area contributed by atoms with Gasteiger partial charge in [-0.2, -0.15) is 0 Å². The number of amides is 1. The second-order valence-corrected chi connectivity index (χ2v) is 8.29. The first-order valence-electron chi connectivity index (χ1n) is 10.9. The number of benzene rings is 2. The number of piperidine rings is 1. The first kappa shape index (κ1) is 24.7. The minimum Gasteiger partial charge on any atom is -0.493 e. The molecule has 2 aromatic carbocycles. The van der Waals surface area contributed by atoms with E-state index in [2.05, 4.69) is 20.6 Å². The van der Waals surface area contributed by atoms with Crippen LogP contribution in [-0.2, 0) is 9.59 Å². The van der Waals surface area contributed by atoms with Crippen LogP contribution in [0.25, 0.3) is 10.9 Å². The number of hydrogen-bond donors (Lipinski definition) is 2. The van der Waals surface area contributed by atoms with Gasteiger partial charge in [0.2, 0.25) is 5.91 Å². The van der Waals surface area contributed by atoms with Crippen LogP contribution in [0, 0.1) is 5.82 Å². The average Bonchev–Trinajstić information content (AvgIpc) is 2.87. The fraction of sp³-hybridized carbons (Fsp3) is 0.304. The number of methoxy groups -OCH3 is 1. The quantitative estimate of drug-likeness (QED) is 0.361. The van der Waals surface area contributed by atoms with Crippen LogP contribution in [-0.4, -0.2) is 67.1 Å². The predicted molar refractivity (Wildman–Crippen MR) is 131 cm³/mol. The third kappa shape index (κ3) is 5.31. The van der Waals surface area contributed by atoms with Crippen molar-refractivity contribution in [3.8, 4) is 11.5 Å². The molecule has 0 saturated carbocycles. The van der Waals surface area contributed by atoms with Crippen LogP contribution in [0.15, 0.2) is 36.7 Å². The van der Waals surface area contributed by atoms with Crippen LogP contribution < -0.4 is 20.1 Å². The summed E-state index contributed by atoms with van der Waals surface area (Å²) in [6.45, 7) is 0.474. The Kier molecular flexibility index (Phi) is 7.67. The number of nitrogens with zero attached hydrogens (tertiary/aromatic N) is 3. The molecule has 1 aromatic heterocycles. The van der Waals surface area contributed by atoms with Crippen molar-refractivity contribution in [3.05, 3.63) is 47.5 Å². The lowest BCUT2D eigenvalue weighted by atomic mass is 9.85. The molecular formula is C23H23BClFN5O4. The summed E-state index contributed by atoms with van der Waals surface area (Å²) in [6.07, 6.45) is 2.67. The normalized spacial score (nSPS) is 18.1. The van der Waals surface area contributed by atoms with Gasteiger partial charge in [0.15, 0.2) is 17.3 Å². The minimum atomic E-state index is -0.593. The molecule has 1 radical (unpaired) electrons. The van der Waals surface area contributed by atoms with E-state index in [1.807, 2.05) is 0 Å². The molecule has 4 rings (SSSR count). The molecule has 1 fully saturated rings. The molecule has 0 spiro atoms. The van der Waals surface area contributed by atoms with Gasteiger partial charge < -0.3 is 29.7 Å². The topological polar surface area (TPSA) is 106 Å². The molecule has 2 N–H and O–H groups in total. The first-order valence-corrected chi connectivity index (χ1v) is 11.3. The van der Waals surface area contributed by atoms with Crippen LogP contribution in [0.1, 0.15) is 12.8 Å². The molecule has 181 valence electrons. The van der Waals surface area contributed by atoms with Crippen molar-refractivity contribution in [2.24, 2.45) is 0 Å². The summed E-state index contributed by atoms with van der Waals surface area (Å²) in [5.41, 5.74) is 0.732. The summed E-state index contributed by atoms with van der Waals surface area (Å²) in [5.74, 6) is 0.449. The lowest BCUT2D eigenvalue weighted by Gasteiger charge is -2.37. The van der Waals surface area contributed by atoms with E-state index in [4.69, 9.17) is 21.1 Å². The fourth-order valence-corrected chi connectivity index (χ4v) is 4.24. The molecular weight excluding hydrogens is 476 g/mol. The van der Waals surface area contributed by atoms with Gasteiger partial charge in [0.25, 0.3) is 7.41 Å². The third-order valence-electron chi connectivity index (χ3n) is 5.82. The number of carbonyl (C=O) groups excluding carboxylic acids is 2. The molecule has 0 unspecified atom stereocenters. The molecule has 2 atom stereocenters. The fourth-order valence-electron chi connectivity index (χ4n) is 4.06. The van der Waals surface area contributed by atoms with E-state index in [9.17, 15) is 14.0 Å². The van der Waals surface area contributed by atoms with Gasteiger partial charge in [-0.15, -0.1) is 0 Å². The van der Waals surface area contributed by atoms with Crippen molar-refractivity contribution < 1.29 is 23.5 Å². The third-order valence-corrected chi connectivity index (χ3v) is 6.11. The average molecular weight is 499 g/mol. The van der Waals surface area contributed by atoms with Crippen molar-refractivity contribution in [2.45, 2.75) is 25.0 Å². The Balaban J connectivity index is 1.64. The van der Waals surface area contributed by atoms with E-state index in [1.54, 1.807) is 36.1 Å². The van der Waals surface area contributed by atoms with Gasteiger partial charge in [-0.3, -0.25) is 4.79 Å². The zero-order valence-electron chi connectivity index (χ0n) is 19.1. The number of anilines is 2. The Hall–Kier alpha value is -3.44. The van der Waals surface area contributed by atoms with Crippen LogP contribution in [0.5, 0.6) is 11.5 Å². The molecule has 9 nitrogen and oxygen atoms in total. The SMILES string of the molecule is CNC(=O)[C@H]1C[C@H](Oc2cc3c(Nc4cccc(Cl)c4F)ncnc3cc2OC)CCN1[B]C=O. The highest BCUT2D eigenvalue weighted by Crippen LogP contribution is 2.37.